The van der Waals surface area contributed by atoms with Gasteiger partial charge in [-0.3, -0.25) is 9.79 Å². The third kappa shape index (κ3) is 4.35. The molecule has 3 unspecified atom stereocenters. The normalized spacial score (nSPS) is 29.0. The van der Waals surface area contributed by atoms with E-state index >= 15 is 0 Å². The van der Waals surface area contributed by atoms with Crippen molar-refractivity contribution in [2.45, 2.75) is 39.2 Å². The number of nitrogens with zero attached hydrogens (tertiary/aromatic N) is 2. The van der Waals surface area contributed by atoms with Gasteiger partial charge in [0, 0.05) is 32.8 Å². The summed E-state index contributed by atoms with van der Waals surface area (Å²) in [6.45, 7) is 8.15. The van der Waals surface area contributed by atoms with E-state index in [-0.39, 0.29) is 17.8 Å². The molecule has 0 bridgehead atoms. The molecule has 2 aliphatic heterocycles. The van der Waals surface area contributed by atoms with Crippen LogP contribution in [0.15, 0.2) is 4.99 Å². The van der Waals surface area contributed by atoms with E-state index in [9.17, 15) is 4.79 Å². The van der Waals surface area contributed by atoms with Gasteiger partial charge in [-0.2, -0.15) is 0 Å². The van der Waals surface area contributed by atoms with Crippen molar-refractivity contribution >= 4 is 11.9 Å². The molecule has 0 aromatic carbocycles. The summed E-state index contributed by atoms with van der Waals surface area (Å²) in [7, 11) is 1.46. The Kier molecular flexibility index (Phi) is 6.49. The molecule has 0 aromatic heterocycles. The predicted molar refractivity (Wildman–Crippen MR) is 85.8 cm³/mol. The Labute approximate surface area is 133 Å². The standard InChI is InChI=1S/C16H29N3O3/c1-4-17-16(18-8-7-13-6-5-9-22-13)19-10-12(2)14(11-19)15(20)21-3/h12-14H,4-11H2,1-3H3,(H,17,18). The lowest BCUT2D eigenvalue weighted by molar-refractivity contribution is -0.145. The smallest absolute Gasteiger partial charge is 0.310 e. The Morgan fingerprint density at radius 2 is 2.27 bits per heavy atom. The average molecular weight is 311 g/mol. The van der Waals surface area contributed by atoms with Crippen LogP contribution >= 0.6 is 0 Å². The number of rotatable bonds is 5. The molecular weight excluding hydrogens is 282 g/mol. The molecule has 6 nitrogen and oxygen atoms in total. The number of hydrogen-bond donors (Lipinski definition) is 1. The monoisotopic (exact) mass is 311 g/mol. The van der Waals surface area contributed by atoms with Crippen molar-refractivity contribution in [1.29, 1.82) is 0 Å². The number of ether oxygens (including phenoxy) is 2. The molecule has 2 rings (SSSR count). The number of carbonyl (C=O) groups is 1. The summed E-state index contributed by atoms with van der Waals surface area (Å²) in [4.78, 5) is 18.7. The molecule has 0 spiro atoms. The zero-order valence-electron chi connectivity index (χ0n) is 14.0. The Balaban J connectivity index is 1.90. The van der Waals surface area contributed by atoms with E-state index < -0.39 is 0 Å². The summed E-state index contributed by atoms with van der Waals surface area (Å²) >= 11 is 0. The zero-order valence-corrected chi connectivity index (χ0v) is 14.0. The van der Waals surface area contributed by atoms with Gasteiger partial charge in [-0.25, -0.2) is 0 Å². The highest BCUT2D eigenvalue weighted by Crippen LogP contribution is 2.24. The van der Waals surface area contributed by atoms with E-state index in [0.29, 0.717) is 12.6 Å². The van der Waals surface area contributed by atoms with Crippen LogP contribution in [0.2, 0.25) is 0 Å². The lowest BCUT2D eigenvalue weighted by atomic mass is 9.99. The summed E-state index contributed by atoms with van der Waals surface area (Å²) in [5, 5.41) is 3.33. The first kappa shape index (κ1) is 17.1. The maximum Gasteiger partial charge on any atom is 0.310 e. The van der Waals surface area contributed by atoms with Crippen LogP contribution in [0.3, 0.4) is 0 Å². The maximum absolute atomic E-state index is 11.8. The molecule has 0 amide bonds. The van der Waals surface area contributed by atoms with Crippen LogP contribution in [0, 0.1) is 11.8 Å². The molecule has 0 aliphatic carbocycles. The van der Waals surface area contributed by atoms with Crippen LogP contribution in [-0.4, -0.2) is 62.8 Å². The first-order valence-electron chi connectivity index (χ1n) is 8.38. The van der Waals surface area contributed by atoms with Crippen LogP contribution < -0.4 is 5.32 Å². The minimum atomic E-state index is -0.120. The lowest BCUT2D eigenvalue weighted by Gasteiger charge is -2.21. The summed E-state index contributed by atoms with van der Waals surface area (Å²) in [5.41, 5.74) is 0. The third-order valence-electron chi connectivity index (χ3n) is 4.49. The fourth-order valence-electron chi connectivity index (χ4n) is 3.21. The van der Waals surface area contributed by atoms with Gasteiger partial charge in [0.25, 0.3) is 0 Å². The van der Waals surface area contributed by atoms with Gasteiger partial charge in [0.2, 0.25) is 0 Å². The van der Waals surface area contributed by atoms with Crippen LogP contribution in [0.4, 0.5) is 0 Å². The molecule has 2 fully saturated rings. The van der Waals surface area contributed by atoms with E-state index in [0.717, 1.165) is 45.0 Å². The Morgan fingerprint density at radius 3 is 2.91 bits per heavy atom. The first-order chi connectivity index (χ1) is 10.7. The second-order valence-electron chi connectivity index (χ2n) is 6.17. The van der Waals surface area contributed by atoms with Gasteiger partial charge >= 0.3 is 5.97 Å². The van der Waals surface area contributed by atoms with Crippen molar-refractivity contribution in [3.05, 3.63) is 0 Å². The van der Waals surface area contributed by atoms with Crippen molar-refractivity contribution in [3.8, 4) is 0 Å². The molecule has 126 valence electrons. The van der Waals surface area contributed by atoms with E-state index in [4.69, 9.17) is 14.5 Å². The first-order valence-corrected chi connectivity index (χ1v) is 8.38. The van der Waals surface area contributed by atoms with Gasteiger partial charge in [-0.1, -0.05) is 6.92 Å². The summed E-state index contributed by atoms with van der Waals surface area (Å²) in [6, 6.07) is 0. The highest BCUT2D eigenvalue weighted by molar-refractivity contribution is 5.82. The van der Waals surface area contributed by atoms with Gasteiger partial charge in [0.05, 0.1) is 19.1 Å². The largest absolute Gasteiger partial charge is 0.469 e. The van der Waals surface area contributed by atoms with Crippen molar-refractivity contribution in [1.82, 2.24) is 10.2 Å². The SMILES string of the molecule is CCNC(=NCCC1CCCO1)N1CC(C)C(C(=O)OC)C1. The highest BCUT2D eigenvalue weighted by atomic mass is 16.5. The van der Waals surface area contributed by atoms with Gasteiger partial charge in [-0.15, -0.1) is 0 Å². The number of esters is 1. The highest BCUT2D eigenvalue weighted by Gasteiger charge is 2.36. The number of hydrogen-bond acceptors (Lipinski definition) is 4. The quantitative estimate of drug-likeness (QED) is 0.470. The molecule has 1 N–H and O–H groups in total. The number of guanidine groups is 1. The fraction of sp³-hybridized carbons (Fsp3) is 0.875. The Hall–Kier alpha value is -1.30. The molecular formula is C16H29N3O3. The maximum atomic E-state index is 11.8. The topological polar surface area (TPSA) is 63.2 Å². The summed E-state index contributed by atoms with van der Waals surface area (Å²) in [6.07, 6.45) is 3.65. The van der Waals surface area contributed by atoms with Crippen LogP contribution in [-0.2, 0) is 14.3 Å². The van der Waals surface area contributed by atoms with E-state index in [1.807, 2.05) is 0 Å². The molecule has 0 saturated carbocycles. The summed E-state index contributed by atoms with van der Waals surface area (Å²) in [5.74, 6) is 1.01. The Bertz CT molecular complexity index is 394. The molecule has 2 aliphatic rings. The second kappa shape index (κ2) is 8.36. The van der Waals surface area contributed by atoms with Gasteiger partial charge in [-0.05, 0) is 32.1 Å². The number of aliphatic imine (C=N–C) groups is 1. The molecule has 22 heavy (non-hydrogen) atoms. The van der Waals surface area contributed by atoms with Crippen molar-refractivity contribution in [2.75, 3.05) is 39.9 Å². The molecule has 3 atom stereocenters. The second-order valence-corrected chi connectivity index (χ2v) is 6.17. The van der Waals surface area contributed by atoms with Gasteiger partial charge in [0.15, 0.2) is 5.96 Å². The number of methoxy groups -OCH3 is 1. The van der Waals surface area contributed by atoms with Crippen LogP contribution in [0.1, 0.15) is 33.1 Å². The lowest BCUT2D eigenvalue weighted by Crippen LogP contribution is -2.40. The average Bonchev–Trinajstić information content (AvgIpc) is 3.15. The van der Waals surface area contributed by atoms with E-state index in [1.54, 1.807) is 0 Å². The van der Waals surface area contributed by atoms with Gasteiger partial charge in [0.1, 0.15) is 0 Å². The van der Waals surface area contributed by atoms with Crippen molar-refractivity contribution < 1.29 is 14.3 Å². The zero-order chi connectivity index (χ0) is 15.9. The minimum absolute atomic E-state index is 0.0629. The van der Waals surface area contributed by atoms with E-state index in [2.05, 4.69) is 24.1 Å². The third-order valence-corrected chi connectivity index (χ3v) is 4.49. The van der Waals surface area contributed by atoms with Crippen molar-refractivity contribution in [2.24, 2.45) is 16.8 Å². The van der Waals surface area contributed by atoms with Gasteiger partial charge < -0.3 is 19.7 Å². The Morgan fingerprint density at radius 1 is 1.45 bits per heavy atom. The summed E-state index contributed by atoms with van der Waals surface area (Å²) < 4.78 is 10.5. The minimum Gasteiger partial charge on any atom is -0.469 e. The number of carbonyl (C=O) groups excluding carboxylic acids is 1. The molecule has 2 saturated heterocycles. The molecule has 0 aromatic rings. The predicted octanol–water partition coefficient (Wildman–Crippen LogP) is 1.26. The van der Waals surface area contributed by atoms with E-state index in [1.165, 1.54) is 13.5 Å². The molecule has 6 heteroatoms. The van der Waals surface area contributed by atoms with Crippen LogP contribution in [0.25, 0.3) is 0 Å². The van der Waals surface area contributed by atoms with Crippen LogP contribution in [0.5, 0.6) is 0 Å². The number of nitrogens with one attached hydrogen (secondary N) is 1. The molecule has 2 heterocycles. The van der Waals surface area contributed by atoms with Crippen molar-refractivity contribution in [3.63, 3.8) is 0 Å². The fourth-order valence-corrected chi connectivity index (χ4v) is 3.21. The molecule has 0 radical (unpaired) electrons. The number of likely N-dealkylation sites (tertiary alicyclic amines) is 1.